The second-order valence-electron chi connectivity index (χ2n) is 5.45. The van der Waals surface area contributed by atoms with E-state index in [2.05, 4.69) is 0 Å². The minimum absolute atomic E-state index is 0.233. The van der Waals surface area contributed by atoms with E-state index in [1.807, 2.05) is 60.7 Å². The number of allylic oxidation sites excluding steroid dienone is 4. The van der Waals surface area contributed by atoms with Gasteiger partial charge >= 0.3 is 0 Å². The molecule has 0 aromatic heterocycles. The summed E-state index contributed by atoms with van der Waals surface area (Å²) < 4.78 is 19.5. The van der Waals surface area contributed by atoms with Crippen LogP contribution in [0.3, 0.4) is 0 Å². The Bertz CT molecular complexity index is 758. The highest BCUT2D eigenvalue weighted by Gasteiger charge is 2.10. The first-order chi connectivity index (χ1) is 11.2. The summed E-state index contributed by atoms with van der Waals surface area (Å²) in [5.41, 5.74) is 9.06. The SMILES string of the molecule is NC1=CC=C(F)C(=Cc2ccc(OCc3ccccc3)cc2)C1. The van der Waals surface area contributed by atoms with Gasteiger partial charge in [0, 0.05) is 12.1 Å². The zero-order chi connectivity index (χ0) is 16.1. The standard InChI is InChI=1S/C20H18FNO/c21-20-11-8-18(22)13-17(20)12-15-6-9-19(10-7-15)23-14-16-4-2-1-3-5-16/h1-12H,13-14,22H2. The molecule has 0 bridgehead atoms. The minimum atomic E-state index is -0.233. The van der Waals surface area contributed by atoms with Gasteiger partial charge < -0.3 is 10.5 Å². The first kappa shape index (κ1) is 15.1. The molecule has 23 heavy (non-hydrogen) atoms. The summed E-state index contributed by atoms with van der Waals surface area (Å²) in [7, 11) is 0. The van der Waals surface area contributed by atoms with Crippen LogP contribution >= 0.6 is 0 Å². The molecule has 1 aliphatic rings. The van der Waals surface area contributed by atoms with E-state index in [1.54, 1.807) is 6.08 Å². The van der Waals surface area contributed by atoms with Gasteiger partial charge in [0.1, 0.15) is 18.2 Å². The van der Waals surface area contributed by atoms with Crippen LogP contribution in [-0.4, -0.2) is 0 Å². The van der Waals surface area contributed by atoms with Crippen molar-refractivity contribution in [1.29, 1.82) is 0 Å². The van der Waals surface area contributed by atoms with E-state index in [-0.39, 0.29) is 5.83 Å². The summed E-state index contributed by atoms with van der Waals surface area (Å²) in [5, 5.41) is 0. The van der Waals surface area contributed by atoms with Crippen LogP contribution in [0, 0.1) is 0 Å². The maximum absolute atomic E-state index is 13.8. The fraction of sp³-hybridized carbons (Fsp3) is 0.100. The van der Waals surface area contributed by atoms with Crippen molar-refractivity contribution in [2.45, 2.75) is 13.0 Å². The average molecular weight is 307 g/mol. The lowest BCUT2D eigenvalue weighted by Crippen LogP contribution is -2.02. The van der Waals surface area contributed by atoms with Gasteiger partial charge in [-0.25, -0.2) is 4.39 Å². The predicted molar refractivity (Wildman–Crippen MR) is 91.3 cm³/mol. The Morgan fingerprint density at radius 3 is 2.48 bits per heavy atom. The lowest BCUT2D eigenvalue weighted by atomic mass is 10.0. The number of benzene rings is 2. The van der Waals surface area contributed by atoms with E-state index in [4.69, 9.17) is 10.5 Å². The molecule has 0 unspecified atom stereocenters. The number of hydrogen-bond donors (Lipinski definition) is 1. The summed E-state index contributed by atoms with van der Waals surface area (Å²) in [6, 6.07) is 17.6. The van der Waals surface area contributed by atoms with Gasteiger partial charge in [-0.2, -0.15) is 0 Å². The Kier molecular flexibility index (Phi) is 4.57. The summed E-state index contributed by atoms with van der Waals surface area (Å²) in [6.45, 7) is 0.528. The van der Waals surface area contributed by atoms with Crippen LogP contribution in [0.4, 0.5) is 4.39 Å². The van der Waals surface area contributed by atoms with Crippen molar-refractivity contribution in [3.05, 3.63) is 95.0 Å². The Morgan fingerprint density at radius 2 is 1.74 bits per heavy atom. The molecule has 0 fully saturated rings. The van der Waals surface area contributed by atoms with Gasteiger partial charge in [0.05, 0.1) is 0 Å². The van der Waals surface area contributed by atoms with Gasteiger partial charge in [0.25, 0.3) is 0 Å². The molecular formula is C20H18FNO. The molecule has 0 radical (unpaired) electrons. The molecule has 116 valence electrons. The summed E-state index contributed by atoms with van der Waals surface area (Å²) in [5.74, 6) is 0.554. The third-order valence-corrected chi connectivity index (χ3v) is 3.61. The van der Waals surface area contributed by atoms with Gasteiger partial charge in [-0.1, -0.05) is 42.5 Å². The van der Waals surface area contributed by atoms with Crippen LogP contribution in [0.5, 0.6) is 5.75 Å². The van der Waals surface area contributed by atoms with Crippen LogP contribution in [0.1, 0.15) is 17.5 Å². The first-order valence-corrected chi connectivity index (χ1v) is 7.50. The van der Waals surface area contributed by atoms with Crippen molar-refractivity contribution in [2.75, 3.05) is 0 Å². The molecule has 0 saturated carbocycles. The molecule has 0 saturated heterocycles. The largest absolute Gasteiger partial charge is 0.489 e. The Balaban J connectivity index is 1.66. The van der Waals surface area contributed by atoms with Crippen molar-refractivity contribution >= 4 is 6.08 Å². The highest BCUT2D eigenvalue weighted by molar-refractivity contribution is 5.60. The van der Waals surface area contributed by atoms with Crippen molar-refractivity contribution in [3.8, 4) is 5.75 Å². The zero-order valence-corrected chi connectivity index (χ0v) is 12.7. The molecule has 0 amide bonds. The van der Waals surface area contributed by atoms with Gasteiger partial charge in [0.2, 0.25) is 0 Å². The summed E-state index contributed by atoms with van der Waals surface area (Å²) >= 11 is 0. The van der Waals surface area contributed by atoms with Crippen molar-refractivity contribution in [3.63, 3.8) is 0 Å². The topological polar surface area (TPSA) is 35.2 Å². The number of halogens is 1. The number of ether oxygens (including phenoxy) is 1. The smallest absolute Gasteiger partial charge is 0.126 e. The molecule has 0 aliphatic heterocycles. The molecule has 0 atom stereocenters. The van der Waals surface area contributed by atoms with E-state index in [0.717, 1.165) is 16.9 Å². The third-order valence-electron chi connectivity index (χ3n) is 3.61. The van der Waals surface area contributed by atoms with Gasteiger partial charge in [-0.05, 0) is 47.1 Å². The quantitative estimate of drug-likeness (QED) is 0.884. The van der Waals surface area contributed by atoms with Crippen molar-refractivity contribution < 1.29 is 9.13 Å². The number of rotatable bonds is 4. The Labute approximate surface area is 135 Å². The molecular weight excluding hydrogens is 289 g/mol. The Morgan fingerprint density at radius 1 is 1.00 bits per heavy atom. The van der Waals surface area contributed by atoms with Crippen LogP contribution < -0.4 is 10.5 Å². The highest BCUT2D eigenvalue weighted by Crippen LogP contribution is 2.26. The van der Waals surface area contributed by atoms with Crippen LogP contribution in [0.25, 0.3) is 6.08 Å². The number of hydrogen-bond acceptors (Lipinski definition) is 2. The molecule has 2 aromatic rings. The monoisotopic (exact) mass is 307 g/mol. The third kappa shape index (κ3) is 4.10. The van der Waals surface area contributed by atoms with E-state index >= 15 is 0 Å². The van der Waals surface area contributed by atoms with Crippen LogP contribution in [-0.2, 0) is 6.61 Å². The number of nitrogens with two attached hydrogens (primary N) is 1. The average Bonchev–Trinajstić information content (AvgIpc) is 2.58. The minimum Gasteiger partial charge on any atom is -0.489 e. The fourth-order valence-corrected chi connectivity index (χ4v) is 2.37. The Hall–Kier alpha value is -2.81. The van der Waals surface area contributed by atoms with Gasteiger partial charge in [-0.3, -0.25) is 0 Å². The lowest BCUT2D eigenvalue weighted by Gasteiger charge is -2.10. The molecule has 0 heterocycles. The van der Waals surface area contributed by atoms with E-state index < -0.39 is 0 Å². The normalized spacial score (nSPS) is 16.0. The predicted octanol–water partition coefficient (Wildman–Crippen LogP) is 4.75. The lowest BCUT2D eigenvalue weighted by molar-refractivity contribution is 0.306. The van der Waals surface area contributed by atoms with Crippen LogP contribution in [0.2, 0.25) is 0 Å². The van der Waals surface area contributed by atoms with E-state index in [1.165, 1.54) is 6.08 Å². The second-order valence-corrected chi connectivity index (χ2v) is 5.45. The van der Waals surface area contributed by atoms with Gasteiger partial charge in [-0.15, -0.1) is 0 Å². The maximum atomic E-state index is 13.8. The summed E-state index contributed by atoms with van der Waals surface area (Å²) in [6.07, 6.45) is 5.26. The van der Waals surface area contributed by atoms with E-state index in [9.17, 15) is 4.39 Å². The highest BCUT2D eigenvalue weighted by atomic mass is 19.1. The first-order valence-electron chi connectivity index (χ1n) is 7.50. The summed E-state index contributed by atoms with van der Waals surface area (Å²) in [4.78, 5) is 0. The molecule has 2 aromatic carbocycles. The molecule has 3 rings (SSSR count). The molecule has 1 aliphatic carbocycles. The molecule has 2 N–H and O–H groups in total. The maximum Gasteiger partial charge on any atom is 0.126 e. The molecule has 3 heteroatoms. The van der Waals surface area contributed by atoms with Gasteiger partial charge in [0.15, 0.2) is 0 Å². The van der Waals surface area contributed by atoms with Crippen LogP contribution in [0.15, 0.2) is 83.8 Å². The fourth-order valence-electron chi connectivity index (χ4n) is 2.37. The second kappa shape index (κ2) is 6.97. The molecule has 2 nitrogen and oxygen atoms in total. The zero-order valence-electron chi connectivity index (χ0n) is 12.7. The molecule has 0 spiro atoms. The van der Waals surface area contributed by atoms with E-state index in [0.29, 0.717) is 24.3 Å². The van der Waals surface area contributed by atoms with Crippen molar-refractivity contribution in [2.24, 2.45) is 5.73 Å². The van der Waals surface area contributed by atoms with Crippen molar-refractivity contribution in [1.82, 2.24) is 0 Å².